The van der Waals surface area contributed by atoms with Crippen molar-refractivity contribution in [1.82, 2.24) is 10.1 Å². The van der Waals surface area contributed by atoms with E-state index in [4.69, 9.17) is 4.52 Å². The van der Waals surface area contributed by atoms with Crippen molar-refractivity contribution in [3.05, 3.63) is 47.2 Å². The minimum Gasteiger partial charge on any atom is -0.362 e. The van der Waals surface area contributed by atoms with Crippen LogP contribution < -0.4 is 5.32 Å². The molecule has 0 bridgehead atoms. The molecule has 5 nitrogen and oxygen atoms in total. The Balaban J connectivity index is 1.62. The zero-order valence-corrected chi connectivity index (χ0v) is 13.3. The van der Waals surface area contributed by atoms with Crippen LogP contribution in [-0.2, 0) is 6.42 Å². The van der Waals surface area contributed by atoms with Crippen LogP contribution in [0.5, 0.6) is 0 Å². The molecule has 1 heterocycles. The van der Waals surface area contributed by atoms with Gasteiger partial charge in [0.25, 0.3) is 0 Å². The number of hydrogen-bond acceptors (Lipinski definition) is 3. The topological polar surface area (TPSA) is 58.4 Å². The molecule has 2 aliphatic rings. The fraction of sp³-hybridized carbons (Fsp3) is 0.444. The summed E-state index contributed by atoms with van der Waals surface area (Å²) in [5, 5.41) is 6.80. The highest BCUT2D eigenvalue weighted by Gasteiger charge is 2.39. The predicted octanol–water partition coefficient (Wildman–Crippen LogP) is 4.06. The average Bonchev–Trinajstić information content (AvgIpc) is 3.31. The van der Waals surface area contributed by atoms with E-state index in [1.807, 2.05) is 11.8 Å². The number of carbonyl (C=O) groups is 1. The summed E-state index contributed by atoms with van der Waals surface area (Å²) in [4.78, 5) is 14.9. The third kappa shape index (κ3) is 2.71. The van der Waals surface area contributed by atoms with E-state index in [1.54, 1.807) is 6.26 Å². The molecule has 1 aromatic heterocycles. The molecular weight excluding hydrogens is 290 g/mol. The summed E-state index contributed by atoms with van der Waals surface area (Å²) in [7, 11) is 0. The van der Waals surface area contributed by atoms with E-state index in [2.05, 4.69) is 34.7 Å². The molecule has 1 fully saturated rings. The number of urea groups is 1. The maximum atomic E-state index is 12.9. The molecule has 2 aliphatic carbocycles. The number of aryl methyl sites for hydroxylation is 2. The number of hydrogen-bond donors (Lipinski definition) is 1. The molecule has 4 rings (SSSR count). The van der Waals surface area contributed by atoms with Crippen LogP contribution in [0.2, 0.25) is 0 Å². The van der Waals surface area contributed by atoms with Gasteiger partial charge in [-0.25, -0.2) is 4.79 Å². The number of fused-ring (bicyclic) bond motifs is 1. The summed E-state index contributed by atoms with van der Waals surface area (Å²) in [6.07, 6.45) is 6.98. The number of nitrogens with zero attached hydrogens (tertiary/aromatic N) is 2. The number of carbonyl (C=O) groups excluding carboxylic acids is 1. The summed E-state index contributed by atoms with van der Waals surface area (Å²) in [6.45, 7) is 1.88. The van der Waals surface area contributed by atoms with E-state index in [1.165, 1.54) is 11.1 Å². The summed E-state index contributed by atoms with van der Waals surface area (Å²) in [5.41, 5.74) is 3.52. The van der Waals surface area contributed by atoms with Gasteiger partial charge < -0.3 is 9.42 Å². The van der Waals surface area contributed by atoms with Gasteiger partial charge in [-0.15, -0.1) is 0 Å². The van der Waals surface area contributed by atoms with Crippen LogP contribution in [0, 0.1) is 6.92 Å². The summed E-state index contributed by atoms with van der Waals surface area (Å²) in [6, 6.07) is 8.96. The molecule has 1 aromatic carbocycles. The summed E-state index contributed by atoms with van der Waals surface area (Å²) < 4.78 is 4.92. The fourth-order valence-corrected chi connectivity index (χ4v) is 3.50. The Bertz CT molecular complexity index is 721. The highest BCUT2D eigenvalue weighted by Crippen LogP contribution is 2.41. The van der Waals surface area contributed by atoms with Gasteiger partial charge in [-0.3, -0.25) is 5.32 Å². The van der Waals surface area contributed by atoms with E-state index in [9.17, 15) is 4.79 Å². The van der Waals surface area contributed by atoms with Gasteiger partial charge >= 0.3 is 6.03 Å². The van der Waals surface area contributed by atoms with Crippen molar-refractivity contribution in [2.45, 2.75) is 51.1 Å². The maximum Gasteiger partial charge on any atom is 0.323 e. The molecule has 1 saturated carbocycles. The predicted molar refractivity (Wildman–Crippen MR) is 87.2 cm³/mol. The third-order valence-electron chi connectivity index (χ3n) is 4.82. The summed E-state index contributed by atoms with van der Waals surface area (Å²) in [5.74, 6) is 0.518. The first-order valence-electron chi connectivity index (χ1n) is 8.32. The highest BCUT2D eigenvalue weighted by atomic mass is 16.5. The molecule has 0 spiro atoms. The molecule has 2 aromatic rings. The van der Waals surface area contributed by atoms with Crippen molar-refractivity contribution >= 4 is 11.8 Å². The minimum atomic E-state index is -0.0637. The van der Waals surface area contributed by atoms with Crippen LogP contribution in [-0.4, -0.2) is 22.1 Å². The highest BCUT2D eigenvalue weighted by molar-refractivity contribution is 5.89. The molecule has 1 atom stereocenters. The van der Waals surface area contributed by atoms with Crippen molar-refractivity contribution in [2.75, 3.05) is 5.32 Å². The van der Waals surface area contributed by atoms with Crippen LogP contribution in [0.1, 0.15) is 48.4 Å². The van der Waals surface area contributed by atoms with Crippen LogP contribution in [0.15, 0.2) is 35.1 Å². The number of rotatable bonds is 3. The lowest BCUT2D eigenvalue weighted by molar-refractivity contribution is 0.174. The maximum absolute atomic E-state index is 12.9. The zero-order chi connectivity index (χ0) is 15.8. The van der Waals surface area contributed by atoms with Crippen LogP contribution in [0.3, 0.4) is 0 Å². The number of nitrogens with one attached hydrogen (secondary N) is 1. The molecule has 0 aliphatic heterocycles. The van der Waals surface area contributed by atoms with Gasteiger partial charge in [-0.1, -0.05) is 29.4 Å². The van der Waals surface area contributed by atoms with Crippen molar-refractivity contribution in [3.63, 3.8) is 0 Å². The van der Waals surface area contributed by atoms with Crippen LogP contribution in [0.4, 0.5) is 10.6 Å². The second-order valence-electron chi connectivity index (χ2n) is 6.52. The van der Waals surface area contributed by atoms with E-state index in [0.717, 1.165) is 37.7 Å². The van der Waals surface area contributed by atoms with E-state index in [-0.39, 0.29) is 12.1 Å². The van der Waals surface area contributed by atoms with Gasteiger partial charge in [-0.2, -0.15) is 0 Å². The van der Waals surface area contributed by atoms with Crippen molar-refractivity contribution in [2.24, 2.45) is 0 Å². The lowest BCUT2D eigenvalue weighted by Crippen LogP contribution is -2.41. The number of amides is 2. The van der Waals surface area contributed by atoms with Gasteiger partial charge in [0.05, 0.1) is 6.04 Å². The minimum absolute atomic E-state index is 0.0637. The largest absolute Gasteiger partial charge is 0.362 e. The molecule has 23 heavy (non-hydrogen) atoms. The lowest BCUT2D eigenvalue weighted by Gasteiger charge is -2.36. The molecular formula is C18H21N3O2. The van der Waals surface area contributed by atoms with Crippen molar-refractivity contribution in [3.8, 4) is 0 Å². The molecule has 1 N–H and O–H groups in total. The fourth-order valence-electron chi connectivity index (χ4n) is 3.50. The molecule has 5 heteroatoms. The van der Waals surface area contributed by atoms with E-state index in [0.29, 0.717) is 11.9 Å². The first-order valence-corrected chi connectivity index (χ1v) is 8.32. The van der Waals surface area contributed by atoms with Gasteiger partial charge in [0.15, 0.2) is 5.82 Å². The Morgan fingerprint density at radius 3 is 2.87 bits per heavy atom. The zero-order valence-electron chi connectivity index (χ0n) is 13.3. The monoisotopic (exact) mass is 311 g/mol. The first kappa shape index (κ1) is 14.3. The van der Waals surface area contributed by atoms with Gasteiger partial charge in [-0.05, 0) is 50.2 Å². The van der Waals surface area contributed by atoms with Gasteiger partial charge in [0, 0.05) is 11.6 Å². The smallest absolute Gasteiger partial charge is 0.323 e. The second kappa shape index (κ2) is 5.72. The Morgan fingerprint density at radius 2 is 2.13 bits per heavy atom. The number of aromatic nitrogens is 1. The van der Waals surface area contributed by atoms with Crippen LogP contribution >= 0.6 is 0 Å². The number of anilines is 1. The normalized spacial score (nSPS) is 20.0. The molecule has 1 unspecified atom stereocenters. The molecule has 2 amide bonds. The van der Waals surface area contributed by atoms with Gasteiger partial charge in [0.2, 0.25) is 0 Å². The summed E-state index contributed by atoms with van der Waals surface area (Å²) >= 11 is 0. The quantitative estimate of drug-likeness (QED) is 0.930. The third-order valence-corrected chi connectivity index (χ3v) is 4.82. The lowest BCUT2D eigenvalue weighted by atomic mass is 9.87. The standard InChI is InChI=1S/C18H21N3O2/c1-12-11-23-20-17(12)19-18(22)21(14-9-10-14)16-8-4-6-13-5-2-3-7-15(13)16/h2-3,5,7,11,14,16H,4,6,8-10H2,1H3,(H,19,20,22). The number of benzene rings is 1. The van der Waals surface area contributed by atoms with Crippen molar-refractivity contribution in [1.29, 1.82) is 0 Å². The van der Waals surface area contributed by atoms with E-state index >= 15 is 0 Å². The van der Waals surface area contributed by atoms with Crippen molar-refractivity contribution < 1.29 is 9.32 Å². The molecule has 0 radical (unpaired) electrons. The molecule has 120 valence electrons. The Kier molecular flexibility index (Phi) is 3.56. The Morgan fingerprint density at radius 1 is 1.30 bits per heavy atom. The second-order valence-corrected chi connectivity index (χ2v) is 6.52. The average molecular weight is 311 g/mol. The first-order chi connectivity index (χ1) is 11.2. The van der Waals surface area contributed by atoms with E-state index < -0.39 is 0 Å². The molecule has 0 saturated heterocycles. The van der Waals surface area contributed by atoms with Gasteiger partial charge in [0.1, 0.15) is 6.26 Å². The SMILES string of the molecule is Cc1conc1NC(=O)N(C1CC1)C1CCCc2ccccc21. The Labute approximate surface area is 135 Å². The Hall–Kier alpha value is -2.30. The van der Waals surface area contributed by atoms with Crippen LogP contribution in [0.25, 0.3) is 0 Å².